The molecule has 1 N–H and O–H groups in total. The first-order chi connectivity index (χ1) is 4.91. The predicted octanol–water partition coefficient (Wildman–Crippen LogP) is 0.760. The first-order valence-corrected chi connectivity index (χ1v) is 2.71. The highest BCUT2D eigenvalue weighted by molar-refractivity contribution is 4.97. The van der Waals surface area contributed by atoms with Gasteiger partial charge in [-0.25, -0.2) is 0 Å². The molecular weight excluding hydrogens is 86.1 g/mol. The molecule has 1 aliphatic heterocycles. The van der Waals surface area contributed by atoms with E-state index in [4.69, 9.17) is 5.48 Å². The topological polar surface area (TPSA) is 12.0 Å². The maximum absolute atomic E-state index is 7.44. The molecule has 0 amide bonds. The summed E-state index contributed by atoms with van der Waals surface area (Å²) in [6, 6.07) is 0. The van der Waals surface area contributed by atoms with Crippen molar-refractivity contribution in [3.8, 4) is 0 Å². The molecule has 1 saturated carbocycles. The van der Waals surface area contributed by atoms with Crippen LogP contribution >= 0.6 is 0 Å². The maximum atomic E-state index is 7.44. The zero-order valence-corrected chi connectivity index (χ0v) is 4.12. The molecule has 7 heavy (non-hydrogen) atoms. The van der Waals surface area contributed by atoms with Crippen molar-refractivity contribution in [3.05, 3.63) is 0 Å². The monoisotopic (exact) mass is 101 g/mol. The highest BCUT2D eigenvalue weighted by atomic mass is 15.0. The summed E-state index contributed by atoms with van der Waals surface area (Å²) in [5.74, 6) is 0. The van der Waals surface area contributed by atoms with Crippen LogP contribution in [0.15, 0.2) is 0 Å². The lowest BCUT2D eigenvalue weighted by Crippen LogP contribution is -2.57. The second kappa shape index (κ2) is 1.03. The van der Waals surface area contributed by atoms with Gasteiger partial charge in [-0.2, -0.15) is 0 Å². The molecule has 1 spiro atoms. The SMILES string of the molecule is [2H]C1([2H])NC([2H])([2H])C12CCC2. The van der Waals surface area contributed by atoms with Crippen LogP contribution in [0.25, 0.3) is 0 Å². The molecule has 2 fully saturated rings. The fourth-order valence-electron chi connectivity index (χ4n) is 1.02. The summed E-state index contributed by atoms with van der Waals surface area (Å²) >= 11 is 0. The molecule has 1 heterocycles. The second-order valence-corrected chi connectivity index (χ2v) is 2.31. The molecule has 0 radical (unpaired) electrons. The van der Waals surface area contributed by atoms with Crippen LogP contribution in [0.3, 0.4) is 0 Å². The summed E-state index contributed by atoms with van der Waals surface area (Å²) in [7, 11) is 0. The third kappa shape index (κ3) is 0.367. The van der Waals surface area contributed by atoms with Crippen LogP contribution in [0.5, 0.6) is 0 Å². The Morgan fingerprint density at radius 2 is 2.14 bits per heavy atom. The summed E-state index contributed by atoms with van der Waals surface area (Å²) < 4.78 is 29.8. The number of hydrogen-bond acceptors (Lipinski definition) is 1. The van der Waals surface area contributed by atoms with Gasteiger partial charge in [0.15, 0.2) is 0 Å². The van der Waals surface area contributed by atoms with E-state index in [0.717, 1.165) is 6.42 Å². The van der Waals surface area contributed by atoms with Crippen molar-refractivity contribution in [2.45, 2.75) is 19.3 Å². The van der Waals surface area contributed by atoms with E-state index in [0.29, 0.717) is 12.8 Å². The molecular formula is C6H11N. The molecule has 0 aromatic heterocycles. The summed E-state index contributed by atoms with van der Waals surface area (Å²) in [5, 5.41) is 2.32. The van der Waals surface area contributed by atoms with Crippen molar-refractivity contribution < 1.29 is 5.48 Å². The van der Waals surface area contributed by atoms with E-state index in [1.54, 1.807) is 0 Å². The molecule has 1 heteroatoms. The highest BCUT2D eigenvalue weighted by Gasteiger charge is 2.41. The molecule has 2 aliphatic rings. The minimum atomic E-state index is -1.48. The fraction of sp³-hybridized carbons (Fsp3) is 1.00. The van der Waals surface area contributed by atoms with Crippen molar-refractivity contribution in [2.24, 2.45) is 5.41 Å². The molecule has 1 nitrogen and oxygen atoms in total. The van der Waals surface area contributed by atoms with E-state index in [-0.39, 0.29) is 0 Å². The van der Waals surface area contributed by atoms with Gasteiger partial charge in [-0.3, -0.25) is 0 Å². The van der Waals surface area contributed by atoms with Crippen LogP contribution < -0.4 is 5.32 Å². The van der Waals surface area contributed by atoms with Gasteiger partial charge in [-0.1, -0.05) is 6.42 Å². The van der Waals surface area contributed by atoms with Gasteiger partial charge in [-0.05, 0) is 18.3 Å². The fourth-order valence-corrected chi connectivity index (χ4v) is 1.02. The molecule has 0 aromatic rings. The molecule has 0 unspecified atom stereocenters. The van der Waals surface area contributed by atoms with Crippen molar-refractivity contribution in [3.63, 3.8) is 0 Å². The van der Waals surface area contributed by atoms with E-state index in [1.807, 2.05) is 0 Å². The third-order valence-corrected chi connectivity index (χ3v) is 1.81. The lowest BCUT2D eigenvalue weighted by molar-refractivity contribution is 0.0603. The zero-order valence-electron chi connectivity index (χ0n) is 8.12. The minimum absolute atomic E-state index is 0.681. The van der Waals surface area contributed by atoms with Crippen molar-refractivity contribution in [1.29, 1.82) is 0 Å². The van der Waals surface area contributed by atoms with Gasteiger partial charge in [-0.15, -0.1) is 0 Å². The van der Waals surface area contributed by atoms with Crippen LogP contribution in [0.4, 0.5) is 0 Å². The van der Waals surface area contributed by atoms with Crippen LogP contribution in [0.2, 0.25) is 0 Å². The number of rotatable bonds is 0. The van der Waals surface area contributed by atoms with Gasteiger partial charge >= 0.3 is 0 Å². The first-order valence-electron chi connectivity index (χ1n) is 4.71. The molecule has 2 rings (SSSR count). The van der Waals surface area contributed by atoms with Crippen molar-refractivity contribution in [2.75, 3.05) is 13.0 Å². The smallest absolute Gasteiger partial charge is 0.0434 e. The van der Waals surface area contributed by atoms with Gasteiger partial charge in [0, 0.05) is 18.5 Å². The summed E-state index contributed by atoms with van der Waals surface area (Å²) in [4.78, 5) is 0. The average Bonchev–Trinajstić information content (AvgIpc) is 1.50. The Kier molecular flexibility index (Phi) is 0.253. The number of nitrogens with one attached hydrogen (secondary N) is 1. The van der Waals surface area contributed by atoms with E-state index < -0.39 is 18.4 Å². The number of hydrogen-bond donors (Lipinski definition) is 1. The molecule has 0 atom stereocenters. The van der Waals surface area contributed by atoms with Crippen LogP contribution in [0.1, 0.15) is 24.7 Å². The van der Waals surface area contributed by atoms with Gasteiger partial charge in [0.2, 0.25) is 0 Å². The van der Waals surface area contributed by atoms with Gasteiger partial charge in [0.1, 0.15) is 0 Å². The van der Waals surface area contributed by atoms with E-state index in [9.17, 15) is 0 Å². The summed E-state index contributed by atoms with van der Waals surface area (Å²) in [5.41, 5.74) is -0.708. The Balaban J connectivity index is 2.27. The Labute approximate surface area is 49.7 Å². The van der Waals surface area contributed by atoms with E-state index in [1.165, 1.54) is 0 Å². The van der Waals surface area contributed by atoms with Gasteiger partial charge in [0.05, 0.1) is 0 Å². The predicted molar refractivity (Wildman–Crippen MR) is 29.2 cm³/mol. The van der Waals surface area contributed by atoms with Gasteiger partial charge in [0.25, 0.3) is 0 Å². The Bertz CT molecular complexity index is 181. The maximum Gasteiger partial charge on any atom is 0.0434 e. The van der Waals surface area contributed by atoms with E-state index >= 15 is 0 Å². The molecule has 0 aromatic carbocycles. The second-order valence-electron chi connectivity index (χ2n) is 2.31. The highest BCUT2D eigenvalue weighted by Crippen LogP contribution is 2.43. The minimum Gasteiger partial charge on any atom is -0.316 e. The van der Waals surface area contributed by atoms with Crippen LogP contribution in [-0.4, -0.2) is 13.0 Å². The Hall–Kier alpha value is -0.0400. The molecule has 1 saturated heterocycles. The molecule has 1 aliphatic carbocycles. The Morgan fingerprint density at radius 1 is 1.43 bits per heavy atom. The zero-order chi connectivity index (χ0) is 8.33. The first kappa shape index (κ1) is 1.73. The average molecular weight is 101 g/mol. The molecule has 40 valence electrons. The lowest BCUT2D eigenvalue weighted by Gasteiger charge is -2.49. The largest absolute Gasteiger partial charge is 0.316 e. The standard InChI is InChI=1S/C6H11N/c1-2-6(3-1)4-7-5-6/h7H,1-5H2/i4D2,5D2. The quantitative estimate of drug-likeness (QED) is 0.475. The molecule has 0 bridgehead atoms. The van der Waals surface area contributed by atoms with Crippen molar-refractivity contribution in [1.82, 2.24) is 5.32 Å². The van der Waals surface area contributed by atoms with Gasteiger partial charge < -0.3 is 5.32 Å². The van der Waals surface area contributed by atoms with Crippen molar-refractivity contribution >= 4 is 0 Å². The van der Waals surface area contributed by atoms with Crippen LogP contribution in [0, 0.1) is 5.41 Å². The van der Waals surface area contributed by atoms with Crippen LogP contribution in [-0.2, 0) is 0 Å². The summed E-state index contributed by atoms with van der Waals surface area (Å²) in [6.07, 6.45) is 2.32. The normalized spacial score (nSPS) is 57.1. The third-order valence-electron chi connectivity index (χ3n) is 1.81. The lowest BCUT2D eigenvalue weighted by atomic mass is 9.65. The van der Waals surface area contributed by atoms with E-state index in [2.05, 4.69) is 5.32 Å². The Morgan fingerprint density at radius 3 is 2.29 bits per heavy atom. The summed E-state index contributed by atoms with van der Waals surface area (Å²) in [6.45, 7) is -2.95.